The van der Waals surface area contributed by atoms with E-state index in [2.05, 4.69) is 15.5 Å². The predicted molar refractivity (Wildman–Crippen MR) is 96.2 cm³/mol. The third-order valence-electron chi connectivity index (χ3n) is 4.72. The first-order valence-corrected chi connectivity index (χ1v) is 8.75. The summed E-state index contributed by atoms with van der Waals surface area (Å²) in [6, 6.07) is 5.18. The summed E-state index contributed by atoms with van der Waals surface area (Å²) >= 11 is 0. The van der Waals surface area contributed by atoms with Gasteiger partial charge >= 0.3 is 0 Å². The van der Waals surface area contributed by atoms with Gasteiger partial charge in [-0.15, -0.1) is 10.2 Å². The van der Waals surface area contributed by atoms with E-state index in [4.69, 9.17) is 4.42 Å². The van der Waals surface area contributed by atoms with Gasteiger partial charge in [-0.3, -0.25) is 9.59 Å². The molecule has 4 rings (SSSR count). The molecule has 7 heteroatoms. The SMILES string of the molecule is CC(C)c1nnc(C(C)NC(=O)c2cn3c4c(cccc4c2=O)CC3)o1. The van der Waals surface area contributed by atoms with E-state index >= 15 is 0 Å². The number of nitrogens with zero attached hydrogens (tertiary/aromatic N) is 3. The highest BCUT2D eigenvalue weighted by Crippen LogP contribution is 2.24. The number of rotatable bonds is 4. The van der Waals surface area contributed by atoms with Crippen molar-refractivity contribution in [2.45, 2.75) is 45.7 Å². The lowest BCUT2D eigenvalue weighted by Crippen LogP contribution is -2.31. The number of hydrogen-bond donors (Lipinski definition) is 1. The van der Waals surface area contributed by atoms with Crippen LogP contribution in [0.5, 0.6) is 0 Å². The van der Waals surface area contributed by atoms with Crippen LogP contribution in [0.3, 0.4) is 0 Å². The number of hydrogen-bond acceptors (Lipinski definition) is 5. The molecule has 0 radical (unpaired) electrons. The minimum Gasteiger partial charge on any atom is -0.423 e. The molecular formula is C19H20N4O3. The molecule has 26 heavy (non-hydrogen) atoms. The average molecular weight is 352 g/mol. The van der Waals surface area contributed by atoms with Gasteiger partial charge in [-0.2, -0.15) is 0 Å². The molecule has 134 valence electrons. The van der Waals surface area contributed by atoms with Crippen molar-refractivity contribution in [3.63, 3.8) is 0 Å². The number of para-hydroxylation sites is 1. The van der Waals surface area contributed by atoms with E-state index < -0.39 is 11.9 Å². The van der Waals surface area contributed by atoms with Crippen molar-refractivity contribution in [1.29, 1.82) is 0 Å². The van der Waals surface area contributed by atoms with Crippen molar-refractivity contribution in [3.8, 4) is 0 Å². The highest BCUT2D eigenvalue weighted by Gasteiger charge is 2.23. The van der Waals surface area contributed by atoms with Crippen LogP contribution >= 0.6 is 0 Å². The van der Waals surface area contributed by atoms with Gasteiger partial charge in [0.15, 0.2) is 0 Å². The highest BCUT2D eigenvalue weighted by molar-refractivity contribution is 5.98. The molecule has 0 saturated carbocycles. The van der Waals surface area contributed by atoms with Gasteiger partial charge in [-0.05, 0) is 25.0 Å². The number of benzene rings is 1. The topological polar surface area (TPSA) is 90.0 Å². The zero-order valence-corrected chi connectivity index (χ0v) is 14.9. The van der Waals surface area contributed by atoms with Crippen LogP contribution in [0.15, 0.2) is 33.6 Å². The molecule has 0 saturated heterocycles. The number of pyridine rings is 1. The zero-order chi connectivity index (χ0) is 18.4. The fraction of sp³-hybridized carbons (Fsp3) is 0.368. The van der Waals surface area contributed by atoms with Crippen LogP contribution in [0.1, 0.15) is 60.4 Å². The maximum atomic E-state index is 12.8. The molecule has 1 aromatic carbocycles. The lowest BCUT2D eigenvalue weighted by molar-refractivity contribution is 0.0932. The number of nitrogens with one attached hydrogen (secondary N) is 1. The summed E-state index contributed by atoms with van der Waals surface area (Å²) in [6.45, 7) is 6.43. The monoisotopic (exact) mass is 352 g/mol. The number of amides is 1. The first-order chi connectivity index (χ1) is 12.5. The number of aryl methyl sites for hydroxylation is 2. The summed E-state index contributed by atoms with van der Waals surface area (Å²) in [4.78, 5) is 25.5. The van der Waals surface area contributed by atoms with E-state index in [-0.39, 0.29) is 16.9 Å². The highest BCUT2D eigenvalue weighted by atomic mass is 16.4. The Bertz CT molecular complexity index is 1060. The summed E-state index contributed by atoms with van der Waals surface area (Å²) in [5.41, 5.74) is 1.96. The summed E-state index contributed by atoms with van der Waals surface area (Å²) in [5, 5.41) is 11.3. The second kappa shape index (κ2) is 6.09. The van der Waals surface area contributed by atoms with Gasteiger partial charge in [0.05, 0.1) is 5.52 Å². The Morgan fingerprint density at radius 1 is 1.23 bits per heavy atom. The molecule has 2 aromatic heterocycles. The first kappa shape index (κ1) is 16.5. The summed E-state index contributed by atoms with van der Waals surface area (Å²) in [5.74, 6) is 0.528. The van der Waals surface area contributed by atoms with Gasteiger partial charge in [0.25, 0.3) is 5.91 Å². The Morgan fingerprint density at radius 3 is 2.73 bits per heavy atom. The van der Waals surface area contributed by atoms with Crippen molar-refractivity contribution in [2.24, 2.45) is 0 Å². The van der Waals surface area contributed by atoms with Crippen molar-refractivity contribution < 1.29 is 9.21 Å². The smallest absolute Gasteiger partial charge is 0.257 e. The van der Waals surface area contributed by atoms with E-state index in [1.165, 1.54) is 0 Å². The molecule has 7 nitrogen and oxygen atoms in total. The lowest BCUT2D eigenvalue weighted by atomic mass is 10.1. The molecule has 1 unspecified atom stereocenters. The second-order valence-corrected chi connectivity index (χ2v) is 6.96. The quantitative estimate of drug-likeness (QED) is 0.779. The fourth-order valence-corrected chi connectivity index (χ4v) is 3.31. The summed E-state index contributed by atoms with van der Waals surface area (Å²) in [7, 11) is 0. The van der Waals surface area contributed by atoms with Crippen molar-refractivity contribution in [3.05, 3.63) is 57.5 Å². The Morgan fingerprint density at radius 2 is 2.00 bits per heavy atom. The minimum absolute atomic E-state index is 0.114. The molecule has 3 aromatic rings. The zero-order valence-electron chi connectivity index (χ0n) is 14.9. The van der Waals surface area contributed by atoms with Crippen molar-refractivity contribution in [2.75, 3.05) is 0 Å². The lowest BCUT2D eigenvalue weighted by Gasteiger charge is -2.12. The molecule has 0 fully saturated rings. The Kier molecular flexibility index (Phi) is 3.86. The Hall–Kier alpha value is -2.96. The molecular weight excluding hydrogens is 332 g/mol. The van der Waals surface area contributed by atoms with E-state index in [9.17, 15) is 9.59 Å². The Labute approximate surface area is 150 Å². The van der Waals surface area contributed by atoms with Gasteiger partial charge < -0.3 is 14.3 Å². The first-order valence-electron chi connectivity index (χ1n) is 8.75. The molecule has 1 aliphatic rings. The Balaban J connectivity index is 1.65. The largest absolute Gasteiger partial charge is 0.423 e. The normalized spacial score (nSPS) is 14.2. The third kappa shape index (κ3) is 2.60. The van der Waals surface area contributed by atoms with Crippen molar-refractivity contribution in [1.82, 2.24) is 20.1 Å². The molecule has 1 aliphatic heterocycles. The third-order valence-corrected chi connectivity index (χ3v) is 4.72. The summed E-state index contributed by atoms with van der Waals surface area (Å²) in [6.07, 6.45) is 2.52. The standard InChI is InChI=1S/C19H20N4O3/c1-10(2)18-21-22-19(26-18)11(3)20-17(25)14-9-23-8-7-12-5-4-6-13(15(12)23)16(14)24/h4-6,9-11H,7-8H2,1-3H3,(H,20,25). The fourth-order valence-electron chi connectivity index (χ4n) is 3.31. The number of carbonyl (C=O) groups excluding carboxylic acids is 1. The molecule has 1 amide bonds. The maximum Gasteiger partial charge on any atom is 0.257 e. The molecule has 0 bridgehead atoms. The average Bonchev–Trinajstić information content (AvgIpc) is 3.26. The van der Waals surface area contributed by atoms with Crippen LogP contribution in [0.4, 0.5) is 0 Å². The van der Waals surface area contributed by atoms with Crippen LogP contribution in [-0.2, 0) is 13.0 Å². The van der Waals surface area contributed by atoms with Crippen LogP contribution in [0.2, 0.25) is 0 Å². The van der Waals surface area contributed by atoms with Gasteiger partial charge in [0.2, 0.25) is 17.2 Å². The van der Waals surface area contributed by atoms with Gasteiger partial charge in [-0.25, -0.2) is 0 Å². The van der Waals surface area contributed by atoms with E-state index in [1.807, 2.05) is 30.5 Å². The number of aromatic nitrogens is 3. The van der Waals surface area contributed by atoms with E-state index in [0.29, 0.717) is 17.2 Å². The van der Waals surface area contributed by atoms with Gasteiger partial charge in [0.1, 0.15) is 11.6 Å². The van der Waals surface area contributed by atoms with E-state index in [1.54, 1.807) is 19.2 Å². The van der Waals surface area contributed by atoms with E-state index in [0.717, 1.165) is 24.0 Å². The van der Waals surface area contributed by atoms with Gasteiger partial charge in [0, 0.05) is 24.0 Å². The summed E-state index contributed by atoms with van der Waals surface area (Å²) < 4.78 is 7.56. The molecule has 1 N–H and O–H groups in total. The van der Waals surface area contributed by atoms with Crippen molar-refractivity contribution >= 4 is 16.8 Å². The number of carbonyl (C=O) groups is 1. The second-order valence-electron chi connectivity index (χ2n) is 6.96. The molecule has 0 spiro atoms. The molecule has 1 atom stereocenters. The maximum absolute atomic E-state index is 12.8. The van der Waals surface area contributed by atoms with Crippen LogP contribution < -0.4 is 10.7 Å². The van der Waals surface area contributed by atoms with Crippen LogP contribution in [-0.4, -0.2) is 20.7 Å². The molecule has 3 heterocycles. The van der Waals surface area contributed by atoms with Crippen LogP contribution in [0, 0.1) is 0 Å². The predicted octanol–water partition coefficient (Wildman–Crippen LogP) is 2.56. The van der Waals surface area contributed by atoms with Gasteiger partial charge in [-0.1, -0.05) is 26.0 Å². The minimum atomic E-state index is -0.484. The molecule has 0 aliphatic carbocycles. The van der Waals surface area contributed by atoms with Crippen LogP contribution in [0.25, 0.3) is 10.9 Å².